The maximum Gasteiger partial charge on any atom is 0.390 e. The molecule has 1 unspecified atom stereocenters. The largest absolute Gasteiger partial charge is 0.390 e. The van der Waals surface area contributed by atoms with Gasteiger partial charge in [0.25, 0.3) is 0 Å². The first-order chi connectivity index (χ1) is 6.28. The molecule has 0 aromatic rings. The average Bonchev–Trinajstić information content (AvgIpc) is 2.00. The number of halogens is 3. The number of carbonyl (C=O) groups excluding carboxylic acids is 1. The predicted octanol–water partition coefficient (Wildman–Crippen LogP) is 1.13. The number of carbonyl (C=O) groups is 1. The van der Waals surface area contributed by atoms with Crippen molar-refractivity contribution in [1.82, 2.24) is 4.90 Å². The highest BCUT2D eigenvalue weighted by Crippen LogP contribution is 2.20. The summed E-state index contributed by atoms with van der Waals surface area (Å²) in [5.74, 6) is -0.586. The van der Waals surface area contributed by atoms with E-state index in [2.05, 4.69) is 0 Å². The smallest absolute Gasteiger partial charge is 0.368 e. The number of rotatable bonds is 5. The Morgan fingerprint density at radius 3 is 2.29 bits per heavy atom. The molecule has 0 fully saturated rings. The van der Waals surface area contributed by atoms with Gasteiger partial charge in [0, 0.05) is 6.54 Å². The van der Waals surface area contributed by atoms with Crippen molar-refractivity contribution >= 4 is 5.91 Å². The van der Waals surface area contributed by atoms with Crippen molar-refractivity contribution in [2.24, 2.45) is 5.73 Å². The number of likely N-dealkylation sites (N-methyl/N-ethyl adjacent to an activating group) is 1. The van der Waals surface area contributed by atoms with Crippen molar-refractivity contribution in [3.63, 3.8) is 0 Å². The topological polar surface area (TPSA) is 46.3 Å². The van der Waals surface area contributed by atoms with E-state index < -0.39 is 24.5 Å². The molecule has 0 saturated heterocycles. The van der Waals surface area contributed by atoms with Crippen LogP contribution >= 0.6 is 0 Å². The van der Waals surface area contributed by atoms with Crippen molar-refractivity contribution in [2.75, 3.05) is 13.6 Å². The normalized spacial score (nSPS) is 14.4. The minimum atomic E-state index is -4.19. The molecule has 14 heavy (non-hydrogen) atoms. The molecule has 0 rings (SSSR count). The number of nitrogens with two attached hydrogens (primary N) is 1. The highest BCUT2D eigenvalue weighted by Gasteiger charge is 2.29. The zero-order chi connectivity index (χ0) is 11.4. The van der Waals surface area contributed by atoms with E-state index in [0.29, 0.717) is 6.42 Å². The van der Waals surface area contributed by atoms with Gasteiger partial charge in [-0.1, -0.05) is 6.92 Å². The van der Waals surface area contributed by atoms with E-state index in [-0.39, 0.29) is 6.54 Å². The van der Waals surface area contributed by atoms with Crippen LogP contribution in [0.4, 0.5) is 13.2 Å². The predicted molar refractivity (Wildman–Crippen MR) is 46.6 cm³/mol. The Morgan fingerprint density at radius 2 is 2.00 bits per heavy atom. The van der Waals surface area contributed by atoms with E-state index >= 15 is 0 Å². The molecule has 0 aliphatic rings. The first-order valence-electron chi connectivity index (χ1n) is 4.34. The molecular formula is C8H15F3N2O. The van der Waals surface area contributed by atoms with Gasteiger partial charge in [-0.3, -0.25) is 9.69 Å². The highest BCUT2D eigenvalue weighted by atomic mass is 19.4. The molecule has 1 atom stereocenters. The molecule has 0 spiro atoms. The van der Waals surface area contributed by atoms with Gasteiger partial charge in [0.2, 0.25) is 5.91 Å². The number of hydrogen-bond donors (Lipinski definition) is 1. The number of amides is 1. The van der Waals surface area contributed by atoms with E-state index in [4.69, 9.17) is 5.73 Å². The molecule has 0 aromatic carbocycles. The summed E-state index contributed by atoms with van der Waals surface area (Å²) in [4.78, 5) is 12.1. The Hall–Kier alpha value is -0.780. The van der Waals surface area contributed by atoms with Crippen LogP contribution in [-0.4, -0.2) is 36.6 Å². The lowest BCUT2D eigenvalue weighted by Gasteiger charge is -2.24. The van der Waals surface area contributed by atoms with Gasteiger partial charge in [-0.25, -0.2) is 0 Å². The van der Waals surface area contributed by atoms with Gasteiger partial charge in [-0.15, -0.1) is 0 Å². The molecule has 1 amide bonds. The number of alkyl halides is 3. The lowest BCUT2D eigenvalue weighted by molar-refractivity contribution is -0.141. The SMILES string of the molecule is CCC(C(N)=O)N(C)CCC(F)(F)F. The summed E-state index contributed by atoms with van der Waals surface area (Å²) >= 11 is 0. The van der Waals surface area contributed by atoms with E-state index in [1.165, 1.54) is 11.9 Å². The zero-order valence-corrected chi connectivity index (χ0v) is 8.27. The Balaban J connectivity index is 4.05. The summed E-state index contributed by atoms with van der Waals surface area (Å²) < 4.78 is 35.5. The number of primary amides is 1. The number of hydrogen-bond acceptors (Lipinski definition) is 2. The Labute approximate surface area is 81.1 Å². The van der Waals surface area contributed by atoms with Crippen LogP contribution in [0.15, 0.2) is 0 Å². The summed E-state index contributed by atoms with van der Waals surface area (Å²) in [6, 6.07) is -0.614. The minimum Gasteiger partial charge on any atom is -0.368 e. The van der Waals surface area contributed by atoms with Gasteiger partial charge in [0.15, 0.2) is 0 Å². The molecule has 2 N–H and O–H groups in total. The van der Waals surface area contributed by atoms with Crippen molar-refractivity contribution in [1.29, 1.82) is 0 Å². The van der Waals surface area contributed by atoms with Crippen LogP contribution < -0.4 is 5.73 Å². The fourth-order valence-corrected chi connectivity index (χ4v) is 1.19. The van der Waals surface area contributed by atoms with Crippen molar-refractivity contribution in [3.8, 4) is 0 Å². The van der Waals surface area contributed by atoms with Crippen LogP contribution in [0.2, 0.25) is 0 Å². The molecule has 6 heteroatoms. The van der Waals surface area contributed by atoms with E-state index in [1.807, 2.05) is 0 Å². The summed E-state index contributed by atoms with van der Waals surface area (Å²) in [6.45, 7) is 1.50. The summed E-state index contributed by atoms with van der Waals surface area (Å²) in [6.07, 6.45) is -4.69. The van der Waals surface area contributed by atoms with Gasteiger partial charge in [-0.2, -0.15) is 13.2 Å². The Bertz CT molecular complexity index is 194. The minimum absolute atomic E-state index is 0.203. The molecule has 0 bridgehead atoms. The zero-order valence-electron chi connectivity index (χ0n) is 8.27. The van der Waals surface area contributed by atoms with Crippen LogP contribution in [0.1, 0.15) is 19.8 Å². The van der Waals surface area contributed by atoms with Crippen molar-refractivity contribution in [2.45, 2.75) is 32.0 Å². The molecule has 84 valence electrons. The maximum atomic E-state index is 11.8. The van der Waals surface area contributed by atoms with Crippen molar-refractivity contribution < 1.29 is 18.0 Å². The van der Waals surface area contributed by atoms with E-state index in [9.17, 15) is 18.0 Å². The Morgan fingerprint density at radius 1 is 1.50 bits per heavy atom. The molecule has 0 aliphatic heterocycles. The highest BCUT2D eigenvalue weighted by molar-refractivity contribution is 5.79. The second-order valence-electron chi connectivity index (χ2n) is 3.17. The van der Waals surface area contributed by atoms with Gasteiger partial charge >= 0.3 is 6.18 Å². The third-order valence-corrected chi connectivity index (χ3v) is 2.00. The molecule has 0 aliphatic carbocycles. The second kappa shape index (κ2) is 5.19. The molecular weight excluding hydrogens is 197 g/mol. The Kier molecular flexibility index (Phi) is 4.90. The average molecular weight is 212 g/mol. The van der Waals surface area contributed by atoms with Crippen LogP contribution in [0, 0.1) is 0 Å². The maximum absolute atomic E-state index is 11.8. The standard InChI is InChI=1S/C8H15F3N2O/c1-3-6(7(12)14)13(2)5-4-8(9,10)11/h6H,3-5H2,1-2H3,(H2,12,14). The van der Waals surface area contributed by atoms with Crippen molar-refractivity contribution in [3.05, 3.63) is 0 Å². The summed E-state index contributed by atoms with van der Waals surface area (Å²) in [7, 11) is 1.46. The van der Waals surface area contributed by atoms with Gasteiger partial charge in [0.1, 0.15) is 0 Å². The molecule has 0 saturated carbocycles. The lowest BCUT2D eigenvalue weighted by Crippen LogP contribution is -2.43. The van der Waals surface area contributed by atoms with Crippen LogP contribution in [0.5, 0.6) is 0 Å². The van der Waals surface area contributed by atoms with Crippen LogP contribution in [0.3, 0.4) is 0 Å². The monoisotopic (exact) mass is 212 g/mol. The first kappa shape index (κ1) is 13.2. The van der Waals surface area contributed by atoms with Gasteiger partial charge < -0.3 is 5.73 Å². The lowest BCUT2D eigenvalue weighted by atomic mass is 10.2. The number of nitrogens with zero attached hydrogens (tertiary/aromatic N) is 1. The summed E-state index contributed by atoms with van der Waals surface area (Å²) in [5.41, 5.74) is 5.03. The summed E-state index contributed by atoms with van der Waals surface area (Å²) in [5, 5.41) is 0. The fraction of sp³-hybridized carbons (Fsp3) is 0.875. The van der Waals surface area contributed by atoms with E-state index in [0.717, 1.165) is 0 Å². The third kappa shape index (κ3) is 5.06. The van der Waals surface area contributed by atoms with Crippen LogP contribution in [-0.2, 0) is 4.79 Å². The van der Waals surface area contributed by atoms with Gasteiger partial charge in [0.05, 0.1) is 12.5 Å². The molecule has 0 heterocycles. The van der Waals surface area contributed by atoms with Gasteiger partial charge in [-0.05, 0) is 13.5 Å². The fourth-order valence-electron chi connectivity index (χ4n) is 1.19. The second-order valence-corrected chi connectivity index (χ2v) is 3.17. The molecule has 0 radical (unpaired) electrons. The molecule has 0 aromatic heterocycles. The van der Waals surface area contributed by atoms with Crippen LogP contribution in [0.25, 0.3) is 0 Å². The quantitative estimate of drug-likeness (QED) is 0.742. The first-order valence-corrected chi connectivity index (χ1v) is 4.34. The third-order valence-electron chi connectivity index (χ3n) is 2.00. The molecule has 3 nitrogen and oxygen atoms in total. The van der Waals surface area contributed by atoms with E-state index in [1.54, 1.807) is 6.92 Å².